The van der Waals surface area contributed by atoms with Gasteiger partial charge >= 0.3 is 0 Å². The Labute approximate surface area is 144 Å². The fourth-order valence-corrected chi connectivity index (χ4v) is 2.93. The highest BCUT2D eigenvalue weighted by Gasteiger charge is 2.23. The summed E-state index contributed by atoms with van der Waals surface area (Å²) in [7, 11) is 0. The summed E-state index contributed by atoms with van der Waals surface area (Å²) in [5.74, 6) is 0.300. The van der Waals surface area contributed by atoms with Crippen molar-refractivity contribution in [2.24, 2.45) is 0 Å². The first-order valence-electron chi connectivity index (χ1n) is 7.20. The second-order valence-corrected chi connectivity index (χ2v) is 6.21. The number of benzene rings is 2. The Morgan fingerprint density at radius 3 is 2.70 bits per heavy atom. The Kier molecular flexibility index (Phi) is 4.33. The molecule has 118 valence electrons. The number of aromatic amines is 1. The molecule has 2 aromatic carbocycles. The lowest BCUT2D eigenvalue weighted by Gasteiger charge is -2.15. The zero-order valence-corrected chi connectivity index (χ0v) is 14.2. The lowest BCUT2D eigenvalue weighted by atomic mass is 10.0. The van der Waals surface area contributed by atoms with E-state index in [0.29, 0.717) is 21.4 Å². The van der Waals surface area contributed by atoms with Gasteiger partial charge in [-0.15, -0.1) is 0 Å². The van der Waals surface area contributed by atoms with Crippen LogP contribution in [0.3, 0.4) is 0 Å². The summed E-state index contributed by atoms with van der Waals surface area (Å²) in [4.78, 5) is 16.0. The molecule has 1 heterocycles. The Balaban J connectivity index is 1.93. The maximum atomic E-state index is 12.8. The van der Waals surface area contributed by atoms with Crippen LogP contribution < -0.4 is 4.74 Å². The van der Waals surface area contributed by atoms with E-state index in [1.165, 1.54) is 0 Å². The number of ketones is 1. The minimum Gasteiger partial charge on any atom is -0.481 e. The van der Waals surface area contributed by atoms with Crippen LogP contribution in [0, 0.1) is 6.92 Å². The number of Topliss-reactive ketones (excluding diaryl/α,β-unsaturated/α-hetero) is 1. The standard InChI is InChI=1S/C18H15Cl2NO2/c1-10-17(13-5-3-4-6-15(13)21-10)18(22)11(2)23-16-9-12(19)7-8-14(16)20/h3-9,11,21H,1-2H3/t11-/m1/s1. The average molecular weight is 348 g/mol. The van der Waals surface area contributed by atoms with Crippen LogP contribution in [-0.4, -0.2) is 16.9 Å². The molecule has 0 radical (unpaired) electrons. The maximum Gasteiger partial charge on any atom is 0.205 e. The number of halogens is 2. The summed E-state index contributed by atoms with van der Waals surface area (Å²) >= 11 is 12.0. The third kappa shape index (κ3) is 3.07. The van der Waals surface area contributed by atoms with Gasteiger partial charge in [-0.25, -0.2) is 0 Å². The number of carbonyl (C=O) groups is 1. The Morgan fingerprint density at radius 2 is 1.91 bits per heavy atom. The van der Waals surface area contributed by atoms with Crippen LogP contribution in [-0.2, 0) is 0 Å². The van der Waals surface area contributed by atoms with E-state index in [4.69, 9.17) is 27.9 Å². The van der Waals surface area contributed by atoms with E-state index in [2.05, 4.69) is 4.98 Å². The van der Waals surface area contributed by atoms with Crippen LogP contribution >= 0.6 is 23.2 Å². The molecule has 5 heteroatoms. The van der Waals surface area contributed by atoms with Gasteiger partial charge in [0, 0.05) is 33.2 Å². The molecule has 1 atom stereocenters. The minimum atomic E-state index is -0.677. The number of hydrogen-bond donors (Lipinski definition) is 1. The number of nitrogens with one attached hydrogen (secondary N) is 1. The van der Waals surface area contributed by atoms with E-state index in [-0.39, 0.29) is 5.78 Å². The molecule has 3 nitrogen and oxygen atoms in total. The lowest BCUT2D eigenvalue weighted by molar-refractivity contribution is 0.0819. The predicted octanol–water partition coefficient (Wildman–Crippen LogP) is 5.43. The summed E-state index contributed by atoms with van der Waals surface area (Å²) in [5.41, 5.74) is 2.40. The number of hydrogen-bond acceptors (Lipinski definition) is 2. The highest BCUT2D eigenvalue weighted by Crippen LogP contribution is 2.30. The topological polar surface area (TPSA) is 42.1 Å². The van der Waals surface area contributed by atoms with Crippen LogP contribution in [0.4, 0.5) is 0 Å². The number of H-pyrrole nitrogens is 1. The first-order chi connectivity index (χ1) is 11.0. The molecule has 0 spiro atoms. The lowest BCUT2D eigenvalue weighted by Crippen LogP contribution is -2.24. The van der Waals surface area contributed by atoms with Crippen molar-refractivity contribution in [1.82, 2.24) is 4.98 Å². The van der Waals surface area contributed by atoms with Gasteiger partial charge in [0.05, 0.1) is 5.02 Å². The number of rotatable bonds is 4. The number of carbonyl (C=O) groups excluding carboxylic acids is 1. The van der Waals surface area contributed by atoms with E-state index in [0.717, 1.165) is 16.6 Å². The summed E-state index contributed by atoms with van der Waals surface area (Å²) in [6.45, 7) is 3.59. The van der Waals surface area contributed by atoms with Gasteiger partial charge in [-0.05, 0) is 32.0 Å². The smallest absolute Gasteiger partial charge is 0.205 e. The van der Waals surface area contributed by atoms with Gasteiger partial charge in [0.25, 0.3) is 0 Å². The van der Waals surface area contributed by atoms with Crippen LogP contribution in [0.15, 0.2) is 42.5 Å². The molecule has 0 amide bonds. The normalized spacial score (nSPS) is 12.3. The van der Waals surface area contributed by atoms with Gasteiger partial charge in [0.15, 0.2) is 6.10 Å². The van der Waals surface area contributed by atoms with Crippen LogP contribution in [0.1, 0.15) is 23.0 Å². The second kappa shape index (κ2) is 6.26. The van der Waals surface area contributed by atoms with Crippen LogP contribution in [0.2, 0.25) is 10.0 Å². The van der Waals surface area contributed by atoms with Crippen molar-refractivity contribution in [2.75, 3.05) is 0 Å². The minimum absolute atomic E-state index is 0.101. The molecule has 0 aliphatic carbocycles. The van der Waals surface area contributed by atoms with E-state index >= 15 is 0 Å². The summed E-state index contributed by atoms with van der Waals surface area (Å²) in [6.07, 6.45) is -0.677. The van der Waals surface area contributed by atoms with Crippen molar-refractivity contribution in [2.45, 2.75) is 20.0 Å². The molecule has 0 saturated heterocycles. The molecule has 1 N–H and O–H groups in total. The average Bonchev–Trinajstić information content (AvgIpc) is 2.86. The van der Waals surface area contributed by atoms with Crippen LogP contribution in [0.25, 0.3) is 10.9 Å². The van der Waals surface area contributed by atoms with Crippen molar-refractivity contribution in [3.05, 3.63) is 63.8 Å². The largest absolute Gasteiger partial charge is 0.481 e. The summed E-state index contributed by atoms with van der Waals surface area (Å²) < 4.78 is 5.74. The van der Waals surface area contributed by atoms with Crippen LogP contribution in [0.5, 0.6) is 5.75 Å². The maximum absolute atomic E-state index is 12.8. The quantitative estimate of drug-likeness (QED) is 0.639. The van der Waals surface area contributed by atoms with Gasteiger partial charge in [0.2, 0.25) is 5.78 Å². The zero-order chi connectivity index (χ0) is 16.6. The summed E-state index contributed by atoms with van der Waals surface area (Å²) in [5, 5.41) is 1.82. The van der Waals surface area contributed by atoms with Gasteiger partial charge in [-0.1, -0.05) is 41.4 Å². The summed E-state index contributed by atoms with van der Waals surface area (Å²) in [6, 6.07) is 12.6. The monoisotopic (exact) mass is 347 g/mol. The van der Waals surface area contributed by atoms with Crippen molar-refractivity contribution in [3.8, 4) is 5.75 Å². The van der Waals surface area contributed by atoms with Gasteiger partial charge in [-0.3, -0.25) is 4.79 Å². The van der Waals surface area contributed by atoms with E-state index < -0.39 is 6.10 Å². The first-order valence-corrected chi connectivity index (χ1v) is 7.96. The van der Waals surface area contributed by atoms with Crippen molar-refractivity contribution in [1.29, 1.82) is 0 Å². The Bertz CT molecular complexity index is 886. The molecule has 0 unspecified atom stereocenters. The Morgan fingerprint density at radius 1 is 1.17 bits per heavy atom. The number of para-hydroxylation sites is 1. The number of aromatic nitrogens is 1. The second-order valence-electron chi connectivity index (χ2n) is 5.37. The molecular formula is C18H15Cl2NO2. The molecule has 0 bridgehead atoms. The first kappa shape index (κ1) is 15.9. The van der Waals surface area contributed by atoms with Crippen molar-refractivity contribution < 1.29 is 9.53 Å². The van der Waals surface area contributed by atoms with Crippen molar-refractivity contribution in [3.63, 3.8) is 0 Å². The molecule has 0 aliphatic heterocycles. The van der Waals surface area contributed by atoms with Gasteiger partial charge < -0.3 is 9.72 Å². The molecule has 3 rings (SSSR count). The van der Waals surface area contributed by atoms with Gasteiger partial charge in [-0.2, -0.15) is 0 Å². The predicted molar refractivity (Wildman–Crippen MR) is 93.9 cm³/mol. The fraction of sp³-hybridized carbons (Fsp3) is 0.167. The number of fused-ring (bicyclic) bond motifs is 1. The molecule has 0 saturated carbocycles. The van der Waals surface area contributed by atoms with E-state index in [1.54, 1.807) is 25.1 Å². The highest BCUT2D eigenvalue weighted by atomic mass is 35.5. The van der Waals surface area contributed by atoms with Gasteiger partial charge in [0.1, 0.15) is 5.75 Å². The fourth-order valence-electron chi connectivity index (χ4n) is 2.61. The molecule has 0 aliphatic rings. The number of ether oxygens (including phenoxy) is 1. The molecule has 23 heavy (non-hydrogen) atoms. The number of aryl methyl sites for hydroxylation is 1. The zero-order valence-electron chi connectivity index (χ0n) is 12.7. The molecule has 3 aromatic rings. The van der Waals surface area contributed by atoms with Crippen molar-refractivity contribution >= 4 is 39.9 Å². The highest BCUT2D eigenvalue weighted by molar-refractivity contribution is 6.34. The molecule has 1 aromatic heterocycles. The van der Waals surface area contributed by atoms with E-state index in [1.807, 2.05) is 31.2 Å². The third-order valence-electron chi connectivity index (χ3n) is 3.71. The molecular weight excluding hydrogens is 333 g/mol. The van der Waals surface area contributed by atoms with E-state index in [9.17, 15) is 4.79 Å². The SMILES string of the molecule is Cc1[nH]c2ccccc2c1C(=O)[C@@H](C)Oc1cc(Cl)ccc1Cl. The Hall–Kier alpha value is -1.97. The third-order valence-corrected chi connectivity index (χ3v) is 4.25. The molecule has 0 fully saturated rings.